The predicted octanol–water partition coefficient (Wildman–Crippen LogP) is 4.52. The molecular weight excluding hydrogens is 350 g/mol. The third-order valence-corrected chi connectivity index (χ3v) is 5.48. The molecule has 2 aromatic rings. The number of hydrogen-bond donors (Lipinski definition) is 2. The molecule has 0 aromatic heterocycles. The van der Waals surface area contributed by atoms with E-state index in [0.29, 0.717) is 6.04 Å². The maximum absolute atomic E-state index is 12.3. The number of rotatable bonds is 6. The van der Waals surface area contributed by atoms with Crippen molar-refractivity contribution in [3.05, 3.63) is 65.2 Å². The molecule has 0 radical (unpaired) electrons. The summed E-state index contributed by atoms with van der Waals surface area (Å²) in [5.74, 6) is 0. The number of benzene rings is 2. The van der Waals surface area contributed by atoms with E-state index in [0.717, 1.165) is 44.0 Å². The van der Waals surface area contributed by atoms with Crippen molar-refractivity contribution in [1.82, 2.24) is 10.2 Å². The molecule has 28 heavy (non-hydrogen) atoms. The van der Waals surface area contributed by atoms with Gasteiger partial charge in [-0.05, 0) is 49.1 Å². The zero-order chi connectivity index (χ0) is 19.9. The largest absolute Gasteiger partial charge is 0.379 e. The van der Waals surface area contributed by atoms with Crippen molar-refractivity contribution < 1.29 is 9.53 Å². The van der Waals surface area contributed by atoms with Crippen molar-refractivity contribution in [3.63, 3.8) is 0 Å². The summed E-state index contributed by atoms with van der Waals surface area (Å²) in [6, 6.07) is 16.6. The van der Waals surface area contributed by atoms with E-state index in [9.17, 15) is 4.79 Å². The van der Waals surface area contributed by atoms with Crippen LogP contribution in [-0.4, -0.2) is 37.2 Å². The van der Waals surface area contributed by atoms with E-state index < -0.39 is 0 Å². The van der Waals surface area contributed by atoms with Crippen LogP contribution in [0.15, 0.2) is 48.5 Å². The summed E-state index contributed by atoms with van der Waals surface area (Å²) in [5.41, 5.74) is 4.44. The number of anilines is 1. The highest BCUT2D eigenvalue weighted by Gasteiger charge is 2.18. The highest BCUT2D eigenvalue weighted by Crippen LogP contribution is 2.23. The molecule has 5 nitrogen and oxygen atoms in total. The summed E-state index contributed by atoms with van der Waals surface area (Å²) in [7, 11) is 0. The van der Waals surface area contributed by atoms with Gasteiger partial charge in [-0.15, -0.1) is 0 Å². The number of amides is 2. The molecule has 2 unspecified atom stereocenters. The topological polar surface area (TPSA) is 53.6 Å². The van der Waals surface area contributed by atoms with Crippen molar-refractivity contribution >= 4 is 11.7 Å². The van der Waals surface area contributed by atoms with Crippen LogP contribution in [0.1, 0.15) is 49.5 Å². The molecule has 5 heteroatoms. The number of nitrogens with one attached hydrogen (secondary N) is 2. The third kappa shape index (κ3) is 5.33. The normalized spacial score (nSPS) is 17.0. The summed E-state index contributed by atoms with van der Waals surface area (Å²) >= 11 is 0. The van der Waals surface area contributed by atoms with Gasteiger partial charge in [-0.1, -0.05) is 43.3 Å². The minimum atomic E-state index is -0.193. The van der Waals surface area contributed by atoms with Crippen molar-refractivity contribution in [2.75, 3.05) is 31.6 Å². The molecule has 2 aromatic carbocycles. The van der Waals surface area contributed by atoms with Crippen molar-refractivity contribution in [3.8, 4) is 0 Å². The summed E-state index contributed by atoms with van der Waals surface area (Å²) in [6.07, 6.45) is 1.02. The Bertz CT molecular complexity index is 752. The number of aryl methyl sites for hydroxylation is 1. The fourth-order valence-corrected chi connectivity index (χ4v) is 3.51. The third-order valence-electron chi connectivity index (χ3n) is 5.48. The maximum Gasteiger partial charge on any atom is 0.319 e. The lowest BCUT2D eigenvalue weighted by molar-refractivity contribution is 0.0198. The van der Waals surface area contributed by atoms with E-state index in [1.54, 1.807) is 0 Å². The van der Waals surface area contributed by atoms with Crippen LogP contribution in [0.25, 0.3) is 0 Å². The van der Waals surface area contributed by atoms with Crippen molar-refractivity contribution in [2.45, 2.75) is 39.3 Å². The Morgan fingerprint density at radius 1 is 1.00 bits per heavy atom. The molecule has 3 rings (SSSR count). The molecule has 0 bridgehead atoms. The quantitative estimate of drug-likeness (QED) is 0.773. The first-order chi connectivity index (χ1) is 13.6. The Hall–Kier alpha value is -2.37. The minimum Gasteiger partial charge on any atom is -0.379 e. The fourth-order valence-electron chi connectivity index (χ4n) is 3.51. The summed E-state index contributed by atoms with van der Waals surface area (Å²) < 4.78 is 5.43. The van der Waals surface area contributed by atoms with Gasteiger partial charge >= 0.3 is 6.03 Å². The van der Waals surface area contributed by atoms with Crippen molar-refractivity contribution in [1.29, 1.82) is 0 Å². The van der Waals surface area contributed by atoms with Gasteiger partial charge in [0.1, 0.15) is 0 Å². The van der Waals surface area contributed by atoms with Gasteiger partial charge < -0.3 is 15.4 Å². The summed E-state index contributed by atoms with van der Waals surface area (Å²) in [5, 5.41) is 5.93. The van der Waals surface area contributed by atoms with Crippen LogP contribution < -0.4 is 10.6 Å². The zero-order valence-electron chi connectivity index (χ0n) is 17.1. The van der Waals surface area contributed by atoms with Gasteiger partial charge in [0.2, 0.25) is 0 Å². The first-order valence-corrected chi connectivity index (χ1v) is 10.1. The highest BCUT2D eigenvalue weighted by molar-refractivity contribution is 5.89. The average Bonchev–Trinajstić information content (AvgIpc) is 2.74. The Balaban J connectivity index is 1.53. The summed E-state index contributed by atoms with van der Waals surface area (Å²) in [4.78, 5) is 14.8. The number of nitrogens with zero attached hydrogens (tertiary/aromatic N) is 1. The maximum atomic E-state index is 12.3. The van der Waals surface area contributed by atoms with Gasteiger partial charge in [0.05, 0.1) is 19.3 Å². The number of ether oxygens (including phenoxy) is 1. The van der Waals surface area contributed by atoms with Gasteiger partial charge in [0.15, 0.2) is 0 Å². The molecule has 0 saturated carbocycles. The number of carbonyl (C=O) groups is 1. The van der Waals surface area contributed by atoms with Crippen LogP contribution in [-0.2, 0) is 11.2 Å². The van der Waals surface area contributed by atoms with Crippen LogP contribution in [0, 0.1) is 0 Å². The van der Waals surface area contributed by atoms with Gasteiger partial charge in [0.25, 0.3) is 0 Å². The Morgan fingerprint density at radius 2 is 1.61 bits per heavy atom. The first kappa shape index (κ1) is 20.4. The van der Waals surface area contributed by atoms with Gasteiger partial charge in [-0.25, -0.2) is 4.79 Å². The second kappa shape index (κ2) is 9.71. The zero-order valence-corrected chi connectivity index (χ0v) is 17.1. The van der Waals surface area contributed by atoms with E-state index in [4.69, 9.17) is 4.74 Å². The lowest BCUT2D eigenvalue weighted by Gasteiger charge is -2.32. The number of hydrogen-bond acceptors (Lipinski definition) is 3. The van der Waals surface area contributed by atoms with E-state index in [-0.39, 0.29) is 12.1 Å². The van der Waals surface area contributed by atoms with Gasteiger partial charge in [-0.2, -0.15) is 0 Å². The lowest BCUT2D eigenvalue weighted by Crippen LogP contribution is -2.38. The average molecular weight is 382 g/mol. The molecule has 1 aliphatic heterocycles. The Kier molecular flexibility index (Phi) is 7.06. The molecule has 150 valence electrons. The standard InChI is InChI=1S/C23H31N3O2/c1-4-19-5-7-20(8-6-19)17(2)24-23(27)25-22-11-9-21(10-12-22)18(3)26-13-15-28-16-14-26/h5-12,17-18H,4,13-16H2,1-3H3,(H2,24,25,27). The van der Waals surface area contributed by atoms with Crippen LogP contribution in [0.4, 0.5) is 10.5 Å². The molecule has 2 amide bonds. The molecule has 2 N–H and O–H groups in total. The Morgan fingerprint density at radius 3 is 2.21 bits per heavy atom. The van der Waals surface area contributed by atoms with E-state index in [1.807, 2.05) is 19.1 Å². The smallest absolute Gasteiger partial charge is 0.319 e. The molecule has 1 saturated heterocycles. The monoisotopic (exact) mass is 381 g/mol. The van der Waals surface area contributed by atoms with Crippen LogP contribution >= 0.6 is 0 Å². The SMILES string of the molecule is CCc1ccc(C(C)NC(=O)Nc2ccc(C(C)N3CCOCC3)cc2)cc1. The molecule has 1 aliphatic rings. The number of carbonyl (C=O) groups excluding carboxylic acids is 1. The second-order valence-electron chi connectivity index (χ2n) is 7.36. The van der Waals surface area contributed by atoms with Crippen LogP contribution in [0.3, 0.4) is 0 Å². The number of morpholine rings is 1. The van der Waals surface area contributed by atoms with Crippen LogP contribution in [0.5, 0.6) is 0 Å². The fraction of sp³-hybridized carbons (Fsp3) is 0.435. The first-order valence-electron chi connectivity index (χ1n) is 10.1. The van der Waals surface area contributed by atoms with E-state index >= 15 is 0 Å². The van der Waals surface area contributed by atoms with E-state index in [2.05, 4.69) is 65.8 Å². The Labute approximate surface area is 168 Å². The molecule has 0 spiro atoms. The van der Waals surface area contributed by atoms with Crippen LogP contribution in [0.2, 0.25) is 0 Å². The molecule has 0 aliphatic carbocycles. The molecule has 1 heterocycles. The number of urea groups is 1. The van der Waals surface area contributed by atoms with Gasteiger partial charge in [0, 0.05) is 24.8 Å². The molecule has 2 atom stereocenters. The lowest BCUT2D eigenvalue weighted by atomic mass is 10.1. The molecular formula is C23H31N3O2. The van der Waals surface area contributed by atoms with Crippen molar-refractivity contribution in [2.24, 2.45) is 0 Å². The van der Waals surface area contributed by atoms with Gasteiger partial charge in [-0.3, -0.25) is 4.90 Å². The minimum absolute atomic E-state index is 0.0495. The summed E-state index contributed by atoms with van der Waals surface area (Å²) in [6.45, 7) is 9.85. The van der Waals surface area contributed by atoms with E-state index in [1.165, 1.54) is 11.1 Å². The second-order valence-corrected chi connectivity index (χ2v) is 7.36. The molecule has 1 fully saturated rings. The highest BCUT2D eigenvalue weighted by atomic mass is 16.5. The predicted molar refractivity (Wildman–Crippen MR) is 114 cm³/mol.